The summed E-state index contributed by atoms with van der Waals surface area (Å²) in [6, 6.07) is 1.40. The molecule has 2 rings (SSSR count). The number of unbranched alkanes of at least 4 members (excludes halogenated alkanes) is 7. The fourth-order valence-corrected chi connectivity index (χ4v) is 4.17. The summed E-state index contributed by atoms with van der Waals surface area (Å²) < 4.78 is 12.1. The Morgan fingerprint density at radius 1 is 1.24 bits per heavy atom. The molecule has 1 fully saturated rings. The lowest BCUT2D eigenvalue weighted by Gasteiger charge is -2.21. The van der Waals surface area contributed by atoms with Crippen LogP contribution in [0.4, 0.5) is 5.82 Å². The highest BCUT2D eigenvalue weighted by Gasteiger charge is 2.47. The summed E-state index contributed by atoms with van der Waals surface area (Å²) in [4.78, 5) is 47.3. The smallest absolute Gasteiger partial charge is 0.351 e. The van der Waals surface area contributed by atoms with Crippen LogP contribution >= 0.6 is 8.53 Å². The minimum Gasteiger partial charge on any atom is -0.386 e. The third kappa shape index (κ3) is 9.63. The van der Waals surface area contributed by atoms with Crippen molar-refractivity contribution < 1.29 is 33.8 Å². The molecule has 1 aromatic heterocycles. The Labute approximate surface area is 200 Å². The standard InChI is InChI=1S/C21H37N4O8P/c1-3-4-5-6-7-8-9-10-13-30-31-14-16-19(33-34(22)29)18(27)20(32-16)25-12-11-17(23-15(2)26)24-21(25)28/h11-12,16,18-20,27,29H,3-10,13-14,22H2,1-2H3,(H,23,24,26,28)/t16-,18-,19-,20-,34?/m1/s1. The van der Waals surface area contributed by atoms with E-state index in [0.717, 1.165) is 23.8 Å². The van der Waals surface area contributed by atoms with Gasteiger partial charge >= 0.3 is 5.69 Å². The second-order valence-corrected chi connectivity index (χ2v) is 9.01. The normalized spacial score (nSPS) is 23.2. The van der Waals surface area contributed by atoms with Gasteiger partial charge in [0.2, 0.25) is 5.91 Å². The van der Waals surface area contributed by atoms with Crippen molar-refractivity contribution in [2.75, 3.05) is 18.5 Å². The van der Waals surface area contributed by atoms with Crippen LogP contribution in [0.1, 0.15) is 71.4 Å². The van der Waals surface area contributed by atoms with Crippen molar-refractivity contribution in [2.24, 2.45) is 5.50 Å². The topological polar surface area (TPSA) is 167 Å². The van der Waals surface area contributed by atoms with Gasteiger partial charge in [-0.3, -0.25) is 14.9 Å². The van der Waals surface area contributed by atoms with Gasteiger partial charge in [-0.25, -0.2) is 14.6 Å². The lowest BCUT2D eigenvalue weighted by Crippen LogP contribution is -2.37. The minimum absolute atomic E-state index is 0.0733. The molecule has 194 valence electrons. The Morgan fingerprint density at radius 2 is 1.91 bits per heavy atom. The number of nitrogens with two attached hydrogens (primary N) is 1. The van der Waals surface area contributed by atoms with E-state index in [4.69, 9.17) is 24.5 Å². The zero-order valence-corrected chi connectivity index (χ0v) is 20.7. The number of ether oxygens (including phenoxy) is 1. The first kappa shape index (κ1) is 28.7. The summed E-state index contributed by atoms with van der Waals surface area (Å²) in [7, 11) is -2.30. The van der Waals surface area contributed by atoms with Crippen molar-refractivity contribution in [3.8, 4) is 0 Å². The van der Waals surface area contributed by atoms with E-state index in [2.05, 4.69) is 17.2 Å². The molecule has 0 aliphatic carbocycles. The average molecular weight is 505 g/mol. The van der Waals surface area contributed by atoms with Gasteiger partial charge < -0.3 is 24.6 Å². The van der Waals surface area contributed by atoms with Crippen LogP contribution in [-0.2, 0) is 23.8 Å². The fraction of sp³-hybridized carbons (Fsp3) is 0.762. The number of hydrogen-bond donors (Lipinski definition) is 4. The van der Waals surface area contributed by atoms with Gasteiger partial charge in [0.15, 0.2) is 6.23 Å². The highest BCUT2D eigenvalue weighted by Crippen LogP contribution is 2.36. The molecule has 0 saturated carbocycles. The van der Waals surface area contributed by atoms with Crippen LogP contribution in [0.25, 0.3) is 0 Å². The Kier molecular flexibility index (Phi) is 13.1. The van der Waals surface area contributed by atoms with E-state index < -0.39 is 38.8 Å². The fourth-order valence-electron chi connectivity index (χ4n) is 3.66. The van der Waals surface area contributed by atoms with Gasteiger partial charge in [-0.2, -0.15) is 4.98 Å². The molecule has 1 amide bonds. The van der Waals surface area contributed by atoms with E-state index in [0.29, 0.717) is 6.61 Å². The van der Waals surface area contributed by atoms with Crippen LogP contribution in [0.3, 0.4) is 0 Å². The summed E-state index contributed by atoms with van der Waals surface area (Å²) in [6.07, 6.45) is 6.28. The first-order valence-electron chi connectivity index (χ1n) is 11.7. The number of nitrogens with zero attached hydrogens (tertiary/aromatic N) is 2. The Morgan fingerprint density at radius 3 is 2.53 bits per heavy atom. The molecule has 1 aliphatic heterocycles. The first-order chi connectivity index (χ1) is 16.3. The number of rotatable bonds is 16. The lowest BCUT2D eigenvalue weighted by molar-refractivity contribution is -0.309. The van der Waals surface area contributed by atoms with E-state index >= 15 is 0 Å². The van der Waals surface area contributed by atoms with Crippen LogP contribution < -0.4 is 16.5 Å². The van der Waals surface area contributed by atoms with E-state index in [-0.39, 0.29) is 18.3 Å². The molecule has 0 aromatic carbocycles. The molecule has 1 aliphatic rings. The number of aliphatic hydroxyl groups excluding tert-OH is 1. The molecular weight excluding hydrogens is 467 g/mol. The van der Waals surface area contributed by atoms with Gasteiger partial charge in [-0.15, -0.1) is 0 Å². The maximum absolute atomic E-state index is 12.4. The lowest BCUT2D eigenvalue weighted by atomic mass is 10.1. The molecule has 0 radical (unpaired) electrons. The Hall–Kier alpha value is -1.50. The maximum atomic E-state index is 12.4. The van der Waals surface area contributed by atoms with Crippen LogP contribution in [-0.4, -0.2) is 57.0 Å². The van der Waals surface area contributed by atoms with E-state index in [1.807, 2.05) is 0 Å². The van der Waals surface area contributed by atoms with Crippen molar-refractivity contribution in [1.29, 1.82) is 0 Å². The second-order valence-electron chi connectivity index (χ2n) is 8.19. The van der Waals surface area contributed by atoms with Crippen LogP contribution in [0.5, 0.6) is 0 Å². The van der Waals surface area contributed by atoms with Gasteiger partial charge in [0, 0.05) is 13.1 Å². The van der Waals surface area contributed by atoms with Crippen molar-refractivity contribution in [2.45, 2.75) is 89.8 Å². The summed E-state index contributed by atoms with van der Waals surface area (Å²) in [6.45, 7) is 3.80. The van der Waals surface area contributed by atoms with Crippen LogP contribution in [0, 0.1) is 0 Å². The summed E-state index contributed by atoms with van der Waals surface area (Å²) in [5, 5.41) is 13.1. The third-order valence-electron chi connectivity index (χ3n) is 5.34. The number of nitrogens with one attached hydrogen (secondary N) is 1. The van der Waals surface area contributed by atoms with Gasteiger partial charge in [0.05, 0.1) is 6.61 Å². The quantitative estimate of drug-likeness (QED) is 0.113. The van der Waals surface area contributed by atoms with Crippen LogP contribution in [0.15, 0.2) is 17.1 Å². The molecule has 12 nitrogen and oxygen atoms in total. The average Bonchev–Trinajstić information content (AvgIpc) is 3.06. The van der Waals surface area contributed by atoms with E-state index in [1.54, 1.807) is 0 Å². The van der Waals surface area contributed by atoms with Crippen molar-refractivity contribution in [1.82, 2.24) is 9.55 Å². The molecule has 1 unspecified atom stereocenters. The number of aliphatic hydroxyl groups is 1. The zero-order chi connectivity index (χ0) is 24.9. The molecule has 5 N–H and O–H groups in total. The third-order valence-corrected chi connectivity index (χ3v) is 5.80. The molecule has 1 saturated heterocycles. The predicted molar refractivity (Wildman–Crippen MR) is 125 cm³/mol. The summed E-state index contributed by atoms with van der Waals surface area (Å²) >= 11 is 0. The van der Waals surface area contributed by atoms with Crippen LogP contribution in [0.2, 0.25) is 0 Å². The van der Waals surface area contributed by atoms with E-state index in [1.165, 1.54) is 51.3 Å². The van der Waals surface area contributed by atoms with E-state index in [9.17, 15) is 19.6 Å². The SMILES string of the molecule is CCCCCCCCCCOOC[C@H]1O[C@@H](n2ccc(NC(C)=O)nc2=O)[C@H](O)[C@@H]1OP(N)O. The highest BCUT2D eigenvalue weighted by molar-refractivity contribution is 7.43. The van der Waals surface area contributed by atoms with Gasteiger partial charge in [0.1, 0.15) is 30.7 Å². The molecule has 13 heteroatoms. The predicted octanol–water partition coefficient (Wildman–Crippen LogP) is 2.11. The number of anilines is 1. The molecule has 2 heterocycles. The molecular formula is C21H37N4O8P. The molecule has 0 spiro atoms. The summed E-state index contributed by atoms with van der Waals surface area (Å²) in [5.74, 6) is -0.303. The second kappa shape index (κ2) is 15.5. The van der Waals surface area contributed by atoms with Crippen molar-refractivity contribution in [3.63, 3.8) is 0 Å². The monoisotopic (exact) mass is 504 g/mol. The Balaban J connectivity index is 1.83. The molecule has 1 aromatic rings. The number of carbonyl (C=O) groups excluding carboxylic acids is 1. The highest BCUT2D eigenvalue weighted by atomic mass is 31.2. The molecule has 5 atom stereocenters. The van der Waals surface area contributed by atoms with Gasteiger partial charge in [0.25, 0.3) is 8.53 Å². The Bertz CT molecular complexity index is 796. The minimum atomic E-state index is -2.30. The van der Waals surface area contributed by atoms with Crippen molar-refractivity contribution in [3.05, 3.63) is 22.7 Å². The van der Waals surface area contributed by atoms with Gasteiger partial charge in [-0.1, -0.05) is 51.9 Å². The van der Waals surface area contributed by atoms with Gasteiger partial charge in [-0.05, 0) is 12.5 Å². The number of carbonyl (C=O) groups is 1. The first-order valence-corrected chi connectivity index (χ1v) is 13.0. The zero-order valence-electron chi connectivity index (χ0n) is 19.8. The maximum Gasteiger partial charge on any atom is 0.351 e. The largest absolute Gasteiger partial charge is 0.386 e. The molecule has 0 bridgehead atoms. The number of aromatic nitrogens is 2. The number of amides is 1. The van der Waals surface area contributed by atoms with Crippen molar-refractivity contribution >= 4 is 20.3 Å². The summed E-state index contributed by atoms with van der Waals surface area (Å²) in [5.41, 5.74) is 4.63. The number of hydrogen-bond acceptors (Lipinski definition) is 10. The molecule has 34 heavy (non-hydrogen) atoms.